The number of carbonyl (C=O) groups excluding carboxylic acids is 1. The summed E-state index contributed by atoms with van der Waals surface area (Å²) in [5.41, 5.74) is 1.48. The maximum absolute atomic E-state index is 12.4. The second kappa shape index (κ2) is 10.2. The van der Waals surface area contributed by atoms with Gasteiger partial charge in [-0.25, -0.2) is 0 Å². The van der Waals surface area contributed by atoms with Crippen LogP contribution in [-0.4, -0.2) is 40.6 Å². The van der Waals surface area contributed by atoms with E-state index < -0.39 is 0 Å². The third kappa shape index (κ3) is 5.58. The summed E-state index contributed by atoms with van der Waals surface area (Å²) >= 11 is 7.20. The molecule has 2 N–H and O–H groups in total. The monoisotopic (exact) mass is 447 g/mol. The van der Waals surface area contributed by atoms with Gasteiger partial charge in [0.1, 0.15) is 11.5 Å². The summed E-state index contributed by atoms with van der Waals surface area (Å²) in [6, 6.07) is 12.6. The average Bonchev–Trinajstić information content (AvgIpc) is 3.11. The first-order valence-electron chi connectivity index (χ1n) is 9.02. The smallest absolute Gasteiger partial charge is 0.234 e. The van der Waals surface area contributed by atoms with Gasteiger partial charge in [-0.1, -0.05) is 23.4 Å². The Hall–Kier alpha value is -2.91. The lowest BCUT2D eigenvalue weighted by molar-refractivity contribution is -0.113. The molecule has 2 aromatic carbocycles. The van der Waals surface area contributed by atoms with Crippen LogP contribution in [0.2, 0.25) is 5.02 Å². The first kappa shape index (κ1) is 21.8. The molecule has 1 heterocycles. The third-order valence-corrected chi connectivity index (χ3v) is 5.51. The van der Waals surface area contributed by atoms with Crippen LogP contribution < -0.4 is 20.1 Å². The molecule has 30 heavy (non-hydrogen) atoms. The summed E-state index contributed by atoms with van der Waals surface area (Å²) in [6.07, 6.45) is 0. The van der Waals surface area contributed by atoms with E-state index in [1.165, 1.54) is 11.8 Å². The van der Waals surface area contributed by atoms with Crippen molar-refractivity contribution in [2.75, 3.05) is 30.6 Å². The number of thioether (sulfide) groups is 1. The zero-order chi connectivity index (χ0) is 21.5. The zero-order valence-corrected chi connectivity index (χ0v) is 18.4. The number of benzene rings is 2. The maximum atomic E-state index is 12.4. The largest absolute Gasteiger partial charge is 0.497 e. The van der Waals surface area contributed by atoms with Crippen LogP contribution in [0.15, 0.2) is 47.6 Å². The molecule has 8 nitrogen and oxygen atoms in total. The van der Waals surface area contributed by atoms with Crippen LogP contribution in [0.25, 0.3) is 0 Å². The Morgan fingerprint density at radius 2 is 1.90 bits per heavy atom. The fourth-order valence-corrected chi connectivity index (χ4v) is 3.46. The Labute approximate surface area is 183 Å². The van der Waals surface area contributed by atoms with E-state index in [9.17, 15) is 4.79 Å². The highest BCUT2D eigenvalue weighted by Gasteiger charge is 2.13. The summed E-state index contributed by atoms with van der Waals surface area (Å²) in [6.45, 7) is 0.499. The Balaban J connectivity index is 1.56. The van der Waals surface area contributed by atoms with Crippen molar-refractivity contribution in [3.8, 4) is 11.5 Å². The van der Waals surface area contributed by atoms with Gasteiger partial charge in [-0.3, -0.25) is 4.79 Å². The number of amides is 1. The first-order valence-corrected chi connectivity index (χ1v) is 10.4. The molecular formula is C20H22ClN5O3S. The zero-order valence-electron chi connectivity index (χ0n) is 16.8. The number of methoxy groups -OCH3 is 2. The molecule has 0 aliphatic rings. The lowest BCUT2D eigenvalue weighted by atomic mass is 10.2. The summed E-state index contributed by atoms with van der Waals surface area (Å²) in [4.78, 5) is 12.4. The van der Waals surface area contributed by atoms with Gasteiger partial charge in [-0.2, -0.15) is 0 Å². The Morgan fingerprint density at radius 1 is 1.13 bits per heavy atom. The number of hydrogen-bond donors (Lipinski definition) is 2. The Kier molecular flexibility index (Phi) is 7.42. The van der Waals surface area contributed by atoms with Gasteiger partial charge >= 0.3 is 0 Å². The molecule has 0 aliphatic heterocycles. The van der Waals surface area contributed by atoms with Crippen LogP contribution in [0.1, 0.15) is 5.82 Å². The minimum absolute atomic E-state index is 0.178. The second-order valence-electron chi connectivity index (χ2n) is 6.22. The number of anilines is 2. The van der Waals surface area contributed by atoms with E-state index in [0.29, 0.717) is 33.9 Å². The van der Waals surface area contributed by atoms with Crippen LogP contribution in [0.3, 0.4) is 0 Å². The molecule has 0 bridgehead atoms. The quantitative estimate of drug-likeness (QED) is 0.482. The number of carbonyl (C=O) groups is 1. The topological polar surface area (TPSA) is 90.3 Å². The Bertz CT molecular complexity index is 1010. The summed E-state index contributed by atoms with van der Waals surface area (Å²) in [5, 5.41) is 15.8. The summed E-state index contributed by atoms with van der Waals surface area (Å²) < 4.78 is 12.3. The normalized spacial score (nSPS) is 10.5. The number of nitrogens with one attached hydrogen (secondary N) is 2. The molecule has 3 aromatic rings. The second-order valence-corrected chi connectivity index (χ2v) is 7.60. The van der Waals surface area contributed by atoms with Gasteiger partial charge in [0, 0.05) is 23.8 Å². The highest BCUT2D eigenvalue weighted by Crippen LogP contribution is 2.29. The maximum Gasteiger partial charge on any atom is 0.234 e. The minimum Gasteiger partial charge on any atom is -0.497 e. The van der Waals surface area contributed by atoms with Crippen molar-refractivity contribution >= 4 is 40.6 Å². The molecule has 0 unspecified atom stereocenters. The van der Waals surface area contributed by atoms with Crippen LogP contribution in [0.5, 0.6) is 11.5 Å². The standard InChI is InChI=1S/C20H22ClN5O3S/c1-26-18(11-22-14-6-4-13(21)5-7-14)24-25-20(26)30-12-19(27)23-16-10-15(28-2)8-9-17(16)29-3/h4-10,22H,11-12H2,1-3H3,(H,23,27). The van der Waals surface area contributed by atoms with E-state index >= 15 is 0 Å². The molecule has 0 spiro atoms. The lowest BCUT2D eigenvalue weighted by Crippen LogP contribution is -2.15. The van der Waals surface area contributed by atoms with Gasteiger partial charge in [-0.05, 0) is 36.4 Å². The molecule has 0 atom stereocenters. The molecule has 10 heteroatoms. The van der Waals surface area contributed by atoms with Crippen molar-refractivity contribution < 1.29 is 14.3 Å². The Morgan fingerprint density at radius 3 is 2.60 bits per heavy atom. The first-order chi connectivity index (χ1) is 14.5. The van der Waals surface area contributed by atoms with E-state index in [0.717, 1.165) is 11.5 Å². The van der Waals surface area contributed by atoms with E-state index in [4.69, 9.17) is 21.1 Å². The van der Waals surface area contributed by atoms with E-state index in [2.05, 4.69) is 20.8 Å². The molecule has 3 rings (SSSR count). The van der Waals surface area contributed by atoms with Crippen molar-refractivity contribution in [2.45, 2.75) is 11.7 Å². The predicted molar refractivity (Wildman–Crippen MR) is 119 cm³/mol. The van der Waals surface area contributed by atoms with Gasteiger partial charge in [0.25, 0.3) is 0 Å². The van der Waals surface area contributed by atoms with Gasteiger partial charge in [-0.15, -0.1) is 10.2 Å². The molecule has 1 aromatic heterocycles. The predicted octanol–water partition coefficient (Wildman–Crippen LogP) is 3.83. The third-order valence-electron chi connectivity index (χ3n) is 4.23. The fraction of sp³-hybridized carbons (Fsp3) is 0.250. The average molecular weight is 448 g/mol. The summed E-state index contributed by atoms with van der Waals surface area (Å²) in [7, 11) is 4.98. The van der Waals surface area contributed by atoms with Crippen molar-refractivity contribution in [1.29, 1.82) is 0 Å². The molecule has 0 fully saturated rings. The number of rotatable bonds is 9. The summed E-state index contributed by atoms with van der Waals surface area (Å²) in [5.74, 6) is 1.93. The highest BCUT2D eigenvalue weighted by molar-refractivity contribution is 7.99. The lowest BCUT2D eigenvalue weighted by Gasteiger charge is -2.11. The van der Waals surface area contributed by atoms with Crippen molar-refractivity contribution in [1.82, 2.24) is 14.8 Å². The number of ether oxygens (including phenoxy) is 2. The number of aromatic nitrogens is 3. The van der Waals surface area contributed by atoms with Gasteiger partial charge in [0.15, 0.2) is 11.0 Å². The van der Waals surface area contributed by atoms with Gasteiger partial charge in [0.2, 0.25) is 5.91 Å². The molecule has 1 amide bonds. The van der Waals surface area contributed by atoms with Gasteiger partial charge < -0.3 is 24.7 Å². The van der Waals surface area contributed by atoms with Crippen LogP contribution in [0, 0.1) is 0 Å². The van der Waals surface area contributed by atoms with Crippen LogP contribution in [0.4, 0.5) is 11.4 Å². The van der Waals surface area contributed by atoms with Crippen molar-refractivity contribution in [2.24, 2.45) is 7.05 Å². The minimum atomic E-state index is -0.185. The fourth-order valence-electron chi connectivity index (χ4n) is 2.60. The van der Waals surface area contributed by atoms with Crippen molar-refractivity contribution in [3.63, 3.8) is 0 Å². The SMILES string of the molecule is COc1ccc(OC)c(NC(=O)CSc2nnc(CNc3ccc(Cl)cc3)n2C)c1. The van der Waals surface area contributed by atoms with E-state index in [1.807, 2.05) is 35.9 Å². The molecule has 0 radical (unpaired) electrons. The molecule has 158 valence electrons. The highest BCUT2D eigenvalue weighted by atomic mass is 35.5. The molecule has 0 aliphatic carbocycles. The van der Waals surface area contributed by atoms with Crippen LogP contribution >= 0.6 is 23.4 Å². The number of halogens is 1. The molecular weight excluding hydrogens is 426 g/mol. The number of nitrogens with zero attached hydrogens (tertiary/aromatic N) is 3. The molecule has 0 saturated carbocycles. The van der Waals surface area contributed by atoms with Gasteiger partial charge in [0.05, 0.1) is 32.2 Å². The molecule has 0 saturated heterocycles. The van der Waals surface area contributed by atoms with E-state index in [1.54, 1.807) is 32.4 Å². The van der Waals surface area contributed by atoms with Crippen LogP contribution in [-0.2, 0) is 18.4 Å². The van der Waals surface area contributed by atoms with E-state index in [-0.39, 0.29) is 11.7 Å². The van der Waals surface area contributed by atoms with Crippen molar-refractivity contribution in [3.05, 3.63) is 53.3 Å². The number of hydrogen-bond acceptors (Lipinski definition) is 7.